The molecule has 1 N–H and O–H groups in total. The van der Waals surface area contributed by atoms with E-state index in [9.17, 15) is 24.3 Å². The quantitative estimate of drug-likeness (QED) is 0.279. The summed E-state index contributed by atoms with van der Waals surface area (Å²) in [4.78, 5) is 48.3. The number of hydrogen-bond donors (Lipinski definition) is 1. The molecular formula is C23H26BrNO10. The maximum Gasteiger partial charge on any atom is 0.303 e. The molecular weight excluding hydrogens is 530 g/mol. The largest absolute Gasteiger partial charge is 0.463 e. The van der Waals surface area contributed by atoms with Crippen LogP contribution in [-0.4, -0.2) is 60.0 Å². The maximum atomic E-state index is 12.3. The van der Waals surface area contributed by atoms with Crippen molar-refractivity contribution in [3.63, 3.8) is 0 Å². The number of carbonyl (C=O) groups excluding carboxylic acids is 4. The summed E-state index contributed by atoms with van der Waals surface area (Å²) in [6.07, 6.45) is -7.09. The van der Waals surface area contributed by atoms with Crippen molar-refractivity contribution in [1.29, 1.82) is 5.26 Å². The molecule has 11 nitrogen and oxygen atoms in total. The Balaban J connectivity index is 2.75. The van der Waals surface area contributed by atoms with Crippen molar-refractivity contribution in [1.82, 2.24) is 0 Å². The van der Waals surface area contributed by atoms with Gasteiger partial charge >= 0.3 is 23.9 Å². The molecule has 0 aliphatic carbocycles. The van der Waals surface area contributed by atoms with Crippen LogP contribution in [0.5, 0.6) is 0 Å². The number of carbonyl (C=O) groups is 4. The van der Waals surface area contributed by atoms with E-state index in [2.05, 4.69) is 15.9 Å². The summed E-state index contributed by atoms with van der Waals surface area (Å²) in [5, 5.41) is 21.3. The molecule has 1 aliphatic rings. The van der Waals surface area contributed by atoms with Gasteiger partial charge in [-0.15, -0.1) is 0 Å². The number of ether oxygens (including phenoxy) is 5. The number of nitrogens with zero attached hydrogens (tertiary/aromatic N) is 1. The monoisotopic (exact) mass is 559 g/mol. The molecule has 2 rings (SSSR count). The summed E-state index contributed by atoms with van der Waals surface area (Å²) in [6, 6.07) is 6.29. The first-order valence-electron chi connectivity index (χ1n) is 12.8. The van der Waals surface area contributed by atoms with Crippen LogP contribution in [0, 0.1) is 11.3 Å². The molecule has 0 aromatic heterocycles. The first-order valence-corrected chi connectivity index (χ1v) is 11.1. The van der Waals surface area contributed by atoms with E-state index in [1.54, 1.807) is 0 Å². The van der Waals surface area contributed by atoms with Crippen molar-refractivity contribution in [2.24, 2.45) is 0 Å². The van der Waals surface area contributed by atoms with Gasteiger partial charge in [0.05, 0.1) is 12.5 Å². The van der Waals surface area contributed by atoms with Crippen LogP contribution in [0.4, 0.5) is 0 Å². The van der Waals surface area contributed by atoms with E-state index in [0.29, 0.717) is 11.1 Å². The van der Waals surface area contributed by atoms with Gasteiger partial charge in [0.15, 0.2) is 12.2 Å². The Morgan fingerprint density at radius 1 is 1.06 bits per heavy atom. The fraction of sp³-hybridized carbons (Fsp3) is 0.522. The van der Waals surface area contributed by atoms with Crippen LogP contribution >= 0.6 is 15.9 Å². The van der Waals surface area contributed by atoms with Crippen molar-refractivity contribution in [2.45, 2.75) is 69.6 Å². The number of esters is 4. The zero-order chi connectivity index (χ0) is 29.2. The van der Waals surface area contributed by atoms with Crippen LogP contribution in [0.3, 0.4) is 0 Å². The zero-order valence-electron chi connectivity index (χ0n) is 22.4. The van der Waals surface area contributed by atoms with Gasteiger partial charge < -0.3 is 28.8 Å². The van der Waals surface area contributed by atoms with Gasteiger partial charge in [0.1, 0.15) is 12.7 Å². The molecule has 1 fully saturated rings. The fourth-order valence-electron chi connectivity index (χ4n) is 3.60. The molecule has 1 saturated heterocycles. The van der Waals surface area contributed by atoms with Gasteiger partial charge in [-0.05, 0) is 17.2 Å². The SMILES string of the molecule is [2H]CC(=O)OC[C@H]1OC(O)(c2ccc(CC#N)c(CBr)c2)[C@H](OC(=O)C[2H])[C@@H](OC(=O)C[2H])[C@@H]1OC(=O)C[2H]. The topological polar surface area (TPSA) is 158 Å². The summed E-state index contributed by atoms with van der Waals surface area (Å²) >= 11 is 3.30. The second-order valence-corrected chi connectivity index (χ2v) is 7.87. The molecule has 1 aromatic carbocycles. The average molecular weight is 560 g/mol. The van der Waals surface area contributed by atoms with Gasteiger partial charge in [-0.25, -0.2) is 0 Å². The van der Waals surface area contributed by atoms with Crippen LogP contribution in [0.2, 0.25) is 0 Å². The molecule has 12 heteroatoms. The van der Waals surface area contributed by atoms with Crippen LogP contribution in [0.25, 0.3) is 0 Å². The minimum atomic E-state index is -2.66. The smallest absolute Gasteiger partial charge is 0.303 e. The average Bonchev–Trinajstić information content (AvgIpc) is 2.94. The lowest BCUT2D eigenvalue weighted by Gasteiger charge is -2.48. The number of hydrogen-bond acceptors (Lipinski definition) is 11. The third kappa shape index (κ3) is 7.00. The summed E-state index contributed by atoms with van der Waals surface area (Å²) in [7, 11) is 0. The van der Waals surface area contributed by atoms with Crippen molar-refractivity contribution >= 4 is 39.8 Å². The summed E-state index contributed by atoms with van der Waals surface area (Å²) in [6.45, 7) is -4.21. The number of benzene rings is 1. The van der Waals surface area contributed by atoms with Crippen LogP contribution in [-0.2, 0) is 60.4 Å². The zero-order valence-corrected chi connectivity index (χ0v) is 20.0. The molecule has 0 spiro atoms. The van der Waals surface area contributed by atoms with Gasteiger partial charge in [0.25, 0.3) is 0 Å². The predicted octanol–water partition coefficient (Wildman–Crippen LogP) is 1.55. The molecule has 0 amide bonds. The van der Waals surface area contributed by atoms with Crippen molar-refractivity contribution in [3.05, 3.63) is 34.9 Å². The lowest BCUT2D eigenvalue weighted by molar-refractivity contribution is -0.360. The summed E-state index contributed by atoms with van der Waals surface area (Å²) in [5.41, 5.74) is 1.07. The minimum Gasteiger partial charge on any atom is -0.463 e. The van der Waals surface area contributed by atoms with Crippen LogP contribution in [0.1, 0.15) is 49.8 Å². The maximum absolute atomic E-state index is 12.3. The van der Waals surface area contributed by atoms with Crippen molar-refractivity contribution in [2.75, 3.05) is 6.61 Å². The van der Waals surface area contributed by atoms with Gasteiger partial charge in [0, 0.05) is 44.0 Å². The molecule has 35 heavy (non-hydrogen) atoms. The van der Waals surface area contributed by atoms with E-state index in [1.807, 2.05) is 6.07 Å². The van der Waals surface area contributed by atoms with E-state index in [-0.39, 0.29) is 17.3 Å². The fourth-order valence-corrected chi connectivity index (χ4v) is 4.12. The molecule has 1 aromatic rings. The lowest BCUT2D eigenvalue weighted by atomic mass is 9.86. The highest BCUT2D eigenvalue weighted by atomic mass is 79.9. The minimum absolute atomic E-state index is 0.0261. The number of rotatable bonds is 8. The van der Waals surface area contributed by atoms with Gasteiger partial charge in [-0.2, -0.15) is 5.26 Å². The van der Waals surface area contributed by atoms with Gasteiger partial charge in [-0.1, -0.05) is 28.1 Å². The van der Waals surface area contributed by atoms with E-state index in [4.69, 9.17) is 34.4 Å². The third-order valence-electron chi connectivity index (χ3n) is 4.94. The standard InChI is InChI=1S/C23H26BrNO10/c1-12(26)31-11-19-20(32-13(2)27)21(33-14(3)28)22(34-15(4)29)23(30,35-19)18-6-5-16(7-8-25)17(9-18)10-24/h5-6,9,19-22,30H,7,10-11H2,1-4H3/t19-,20-,21+,22-,23?/m1/s1/i1D,2D,3D,4D. The Kier molecular flexibility index (Phi) is 7.76. The van der Waals surface area contributed by atoms with Gasteiger partial charge in [0.2, 0.25) is 11.9 Å². The third-order valence-corrected chi connectivity index (χ3v) is 5.54. The lowest BCUT2D eigenvalue weighted by Crippen LogP contribution is -2.66. The first-order chi connectivity index (χ1) is 18.6. The predicted molar refractivity (Wildman–Crippen MR) is 120 cm³/mol. The first kappa shape index (κ1) is 22.5. The van der Waals surface area contributed by atoms with Crippen LogP contribution < -0.4 is 0 Å². The molecule has 1 unspecified atom stereocenters. The number of alkyl halides is 1. The molecule has 1 aliphatic heterocycles. The molecule has 0 bridgehead atoms. The Hall–Kier alpha value is -3.01. The normalized spacial score (nSPS) is 27.1. The van der Waals surface area contributed by atoms with Crippen LogP contribution in [0.15, 0.2) is 18.2 Å². The Labute approximate surface area is 216 Å². The second kappa shape index (κ2) is 12.1. The van der Waals surface area contributed by atoms with Gasteiger partial charge in [-0.3, -0.25) is 19.2 Å². The van der Waals surface area contributed by atoms with E-state index in [1.165, 1.54) is 18.2 Å². The Bertz CT molecular complexity index is 1100. The van der Waals surface area contributed by atoms with E-state index < -0.39 is 88.3 Å². The van der Waals surface area contributed by atoms with Crippen molar-refractivity contribution < 1.29 is 53.5 Å². The highest BCUT2D eigenvalue weighted by molar-refractivity contribution is 9.08. The number of halogens is 1. The molecule has 0 saturated carbocycles. The Morgan fingerprint density at radius 2 is 1.69 bits per heavy atom. The summed E-state index contributed by atoms with van der Waals surface area (Å²) in [5.74, 6) is -7.15. The highest BCUT2D eigenvalue weighted by Crippen LogP contribution is 2.41. The van der Waals surface area contributed by atoms with E-state index in [0.717, 1.165) is 0 Å². The number of aliphatic hydroxyl groups is 1. The van der Waals surface area contributed by atoms with Crippen molar-refractivity contribution in [3.8, 4) is 6.07 Å². The molecule has 190 valence electrons. The Morgan fingerprint density at radius 3 is 2.29 bits per heavy atom. The molecule has 1 heterocycles. The number of nitriles is 1. The molecule has 0 radical (unpaired) electrons. The molecule has 5 atom stereocenters. The highest BCUT2D eigenvalue weighted by Gasteiger charge is 2.60. The summed E-state index contributed by atoms with van der Waals surface area (Å²) < 4.78 is 55.7. The second-order valence-electron chi connectivity index (χ2n) is 7.31. The van der Waals surface area contributed by atoms with E-state index >= 15 is 0 Å².